The molecule has 3 N–H and O–H groups in total. The number of ether oxygens (including phenoxy) is 1. The van der Waals surface area contributed by atoms with Crippen molar-refractivity contribution in [1.82, 2.24) is 20.4 Å². The Hall–Kier alpha value is -3.32. The third-order valence-corrected chi connectivity index (χ3v) is 5.71. The van der Waals surface area contributed by atoms with E-state index in [9.17, 15) is 4.39 Å². The first-order valence-electron chi connectivity index (χ1n) is 10.9. The van der Waals surface area contributed by atoms with Crippen LogP contribution in [-0.4, -0.2) is 55.1 Å². The highest BCUT2D eigenvalue weighted by Gasteiger charge is 2.20. The Labute approximate surface area is 188 Å². The first-order chi connectivity index (χ1) is 15.5. The highest BCUT2D eigenvalue weighted by Crippen LogP contribution is 2.23. The summed E-state index contributed by atoms with van der Waals surface area (Å²) < 4.78 is 19.4. The molecule has 4 rings (SSSR count). The number of likely N-dealkylation sites (N-methyl/N-ethyl adjacent to an activating group) is 2. The van der Waals surface area contributed by atoms with Crippen LogP contribution >= 0.6 is 0 Å². The second kappa shape index (κ2) is 9.87. The van der Waals surface area contributed by atoms with Gasteiger partial charge in [0.05, 0.1) is 5.70 Å². The van der Waals surface area contributed by atoms with Crippen molar-refractivity contribution in [3.05, 3.63) is 83.8 Å². The van der Waals surface area contributed by atoms with E-state index >= 15 is 0 Å². The van der Waals surface area contributed by atoms with E-state index in [1.807, 2.05) is 38.4 Å². The zero-order valence-electron chi connectivity index (χ0n) is 18.5. The molecule has 32 heavy (non-hydrogen) atoms. The van der Waals surface area contributed by atoms with Crippen molar-refractivity contribution in [3.8, 4) is 5.75 Å². The van der Waals surface area contributed by atoms with Crippen molar-refractivity contribution < 1.29 is 9.13 Å². The normalized spacial score (nSPS) is 20.3. The molecule has 1 fully saturated rings. The van der Waals surface area contributed by atoms with Crippen molar-refractivity contribution in [2.45, 2.75) is 25.2 Å². The largest absolute Gasteiger partial charge is 0.489 e. The molecule has 0 bridgehead atoms. The van der Waals surface area contributed by atoms with Gasteiger partial charge >= 0.3 is 0 Å². The van der Waals surface area contributed by atoms with E-state index in [4.69, 9.17) is 10.1 Å². The minimum absolute atomic E-state index is 0.0478. The lowest BCUT2D eigenvalue weighted by Crippen LogP contribution is -2.32. The summed E-state index contributed by atoms with van der Waals surface area (Å²) in [5, 5.41) is 15.1. The monoisotopic (exact) mass is 435 g/mol. The predicted octanol–water partition coefficient (Wildman–Crippen LogP) is 3.39. The summed E-state index contributed by atoms with van der Waals surface area (Å²) in [6, 6.07) is 14.6. The van der Waals surface area contributed by atoms with Crippen LogP contribution in [0, 0.1) is 11.2 Å². The Morgan fingerprint density at radius 1 is 1.28 bits per heavy atom. The molecule has 1 saturated heterocycles. The van der Waals surface area contributed by atoms with E-state index < -0.39 is 0 Å². The summed E-state index contributed by atoms with van der Waals surface area (Å²) in [5.74, 6) is 0.991. The molecular formula is C25H30FN5O. The van der Waals surface area contributed by atoms with Crippen molar-refractivity contribution in [2.24, 2.45) is 0 Å². The molecule has 2 heterocycles. The van der Waals surface area contributed by atoms with E-state index in [1.165, 1.54) is 12.1 Å². The summed E-state index contributed by atoms with van der Waals surface area (Å²) in [5.41, 5.74) is 2.95. The Morgan fingerprint density at radius 3 is 2.81 bits per heavy atom. The molecule has 0 aliphatic carbocycles. The second-order valence-electron chi connectivity index (χ2n) is 8.28. The Morgan fingerprint density at radius 2 is 2.09 bits per heavy atom. The van der Waals surface area contributed by atoms with Crippen molar-refractivity contribution in [2.75, 3.05) is 27.2 Å². The number of benzene rings is 2. The lowest BCUT2D eigenvalue weighted by atomic mass is 10.1. The van der Waals surface area contributed by atoms with Gasteiger partial charge < -0.3 is 25.2 Å². The van der Waals surface area contributed by atoms with Crippen molar-refractivity contribution in [3.63, 3.8) is 0 Å². The molecule has 0 amide bonds. The van der Waals surface area contributed by atoms with Crippen molar-refractivity contribution in [1.29, 1.82) is 5.41 Å². The van der Waals surface area contributed by atoms with Crippen LogP contribution in [0.4, 0.5) is 4.39 Å². The average Bonchev–Trinajstić information content (AvgIpc) is 3.42. The van der Waals surface area contributed by atoms with Gasteiger partial charge in [-0.3, -0.25) is 5.41 Å². The van der Waals surface area contributed by atoms with E-state index in [0.717, 1.165) is 42.1 Å². The number of hydrogen-bond acceptors (Lipinski definition) is 5. The van der Waals surface area contributed by atoms with E-state index in [1.54, 1.807) is 17.0 Å². The molecule has 0 aromatic heterocycles. The van der Waals surface area contributed by atoms with Gasteiger partial charge in [-0.1, -0.05) is 12.1 Å². The fourth-order valence-corrected chi connectivity index (χ4v) is 3.86. The maximum absolute atomic E-state index is 13.4. The van der Waals surface area contributed by atoms with Crippen LogP contribution in [-0.2, 0) is 6.54 Å². The highest BCUT2D eigenvalue weighted by molar-refractivity contribution is 5.90. The summed E-state index contributed by atoms with van der Waals surface area (Å²) in [6.45, 7) is 2.39. The van der Waals surface area contributed by atoms with E-state index in [2.05, 4.69) is 33.9 Å². The maximum atomic E-state index is 13.4. The third-order valence-electron chi connectivity index (χ3n) is 5.71. The van der Waals surface area contributed by atoms with Crippen LogP contribution in [0.15, 0.2) is 66.9 Å². The molecule has 0 radical (unpaired) electrons. The summed E-state index contributed by atoms with van der Waals surface area (Å²) in [6.07, 6.45) is 7.04. The molecule has 2 aliphatic heterocycles. The highest BCUT2D eigenvalue weighted by atomic mass is 19.1. The lowest BCUT2D eigenvalue weighted by Gasteiger charge is -2.20. The molecule has 6 nitrogen and oxygen atoms in total. The molecule has 7 heteroatoms. The van der Waals surface area contributed by atoms with Gasteiger partial charge in [-0.25, -0.2) is 4.39 Å². The molecule has 2 atom stereocenters. The zero-order valence-corrected chi connectivity index (χ0v) is 18.5. The fraction of sp³-hybridized carbons (Fsp3) is 0.320. The molecule has 2 aromatic rings. The number of hydrogen-bond donors (Lipinski definition) is 3. The molecule has 168 valence electrons. The number of rotatable bonds is 7. The second-order valence-corrected chi connectivity index (χ2v) is 8.28. The van der Waals surface area contributed by atoms with Crippen LogP contribution in [0.1, 0.15) is 17.5 Å². The predicted molar refractivity (Wildman–Crippen MR) is 126 cm³/mol. The molecular weight excluding hydrogens is 405 g/mol. The number of halogens is 1. The number of nitrogens with one attached hydrogen (secondary N) is 3. The van der Waals surface area contributed by atoms with Crippen molar-refractivity contribution >= 4 is 11.5 Å². The number of nitrogens with zero attached hydrogens (tertiary/aromatic N) is 2. The first-order valence-corrected chi connectivity index (χ1v) is 10.9. The van der Waals surface area contributed by atoms with Crippen LogP contribution in [0.25, 0.3) is 5.70 Å². The quantitative estimate of drug-likeness (QED) is 0.460. The molecule has 1 unspecified atom stereocenters. The van der Waals surface area contributed by atoms with Gasteiger partial charge in [-0.2, -0.15) is 0 Å². The molecule has 0 spiro atoms. The topological polar surface area (TPSA) is 63.6 Å². The maximum Gasteiger partial charge on any atom is 0.123 e. The summed E-state index contributed by atoms with van der Waals surface area (Å²) in [4.78, 5) is 3.85. The van der Waals surface area contributed by atoms with Gasteiger partial charge in [0.1, 0.15) is 29.7 Å². The van der Waals surface area contributed by atoms with Gasteiger partial charge in [0.15, 0.2) is 0 Å². The SMILES string of the molecule is CN(Cc1cccc(F)c1)C(=N)/C=C\C1NC(c2ccc(O[C@@H]3CCNC3)cc2)=CN1C. The number of amidine groups is 1. The Bertz CT molecular complexity index is 998. The van der Waals surface area contributed by atoms with Crippen LogP contribution < -0.4 is 15.4 Å². The Balaban J connectivity index is 1.31. The van der Waals surface area contributed by atoms with Gasteiger partial charge in [0.25, 0.3) is 0 Å². The third kappa shape index (κ3) is 5.48. The van der Waals surface area contributed by atoms with Crippen LogP contribution in [0.5, 0.6) is 5.75 Å². The molecule has 2 aliphatic rings. The smallest absolute Gasteiger partial charge is 0.123 e. The minimum atomic E-state index is -0.261. The standard InChI is InChI=1S/C25H30FN5O/c1-30(16-18-4-3-5-20(26)14-18)24(27)10-11-25-29-23(17-31(25)2)19-6-8-21(9-7-19)32-22-12-13-28-15-22/h3-11,14,17,22,25,27-29H,12-13,15-16H2,1-2H3/b11-10-,27-24?/t22-,25?/m1/s1. The van der Waals surface area contributed by atoms with Gasteiger partial charge in [0.2, 0.25) is 0 Å². The van der Waals surface area contributed by atoms with Gasteiger partial charge in [0, 0.05) is 33.4 Å². The lowest BCUT2D eigenvalue weighted by molar-refractivity contribution is 0.223. The average molecular weight is 436 g/mol. The zero-order chi connectivity index (χ0) is 22.5. The fourth-order valence-electron chi connectivity index (χ4n) is 3.86. The first kappa shape index (κ1) is 21.9. The van der Waals surface area contributed by atoms with E-state index in [0.29, 0.717) is 12.4 Å². The van der Waals surface area contributed by atoms with Gasteiger partial charge in [-0.05, 0) is 72.6 Å². The Kier molecular flexibility index (Phi) is 6.75. The minimum Gasteiger partial charge on any atom is -0.489 e. The van der Waals surface area contributed by atoms with Crippen LogP contribution in [0.2, 0.25) is 0 Å². The molecule has 0 saturated carbocycles. The summed E-state index contributed by atoms with van der Waals surface area (Å²) in [7, 11) is 3.83. The van der Waals surface area contributed by atoms with E-state index in [-0.39, 0.29) is 18.1 Å². The summed E-state index contributed by atoms with van der Waals surface area (Å²) >= 11 is 0. The molecule has 2 aromatic carbocycles. The van der Waals surface area contributed by atoms with Gasteiger partial charge in [-0.15, -0.1) is 0 Å². The van der Waals surface area contributed by atoms with Crippen LogP contribution in [0.3, 0.4) is 0 Å².